The summed E-state index contributed by atoms with van der Waals surface area (Å²) >= 11 is 0. The van der Waals surface area contributed by atoms with E-state index < -0.39 is 8.80 Å². The van der Waals surface area contributed by atoms with Crippen LogP contribution in [0.2, 0.25) is 0 Å². The summed E-state index contributed by atoms with van der Waals surface area (Å²) in [4.78, 5) is 0. The van der Waals surface area contributed by atoms with Gasteiger partial charge in [-0.05, 0) is 24.3 Å². The molecule has 0 saturated heterocycles. The highest BCUT2D eigenvalue weighted by Crippen LogP contribution is 2.00. The van der Waals surface area contributed by atoms with Crippen LogP contribution in [0.4, 0.5) is 8.78 Å². The van der Waals surface area contributed by atoms with Crippen molar-refractivity contribution in [1.29, 1.82) is 0 Å². The van der Waals surface area contributed by atoms with Gasteiger partial charge in [0.2, 0.25) is 0 Å². The Morgan fingerprint density at radius 1 is 0.476 bits per heavy atom. The van der Waals surface area contributed by atoms with Crippen molar-refractivity contribution in [1.82, 2.24) is 0 Å². The van der Waals surface area contributed by atoms with Crippen LogP contribution in [0.1, 0.15) is 0 Å². The first-order valence-electron chi connectivity index (χ1n) is 6.68. The van der Waals surface area contributed by atoms with E-state index in [-0.39, 0.29) is 11.6 Å². The summed E-state index contributed by atoms with van der Waals surface area (Å²) < 4.78 is 26.3. The molecule has 21 heavy (non-hydrogen) atoms. The average Bonchev–Trinajstić information content (AvgIpc) is 2.52. The van der Waals surface area contributed by atoms with Crippen molar-refractivity contribution in [3.05, 3.63) is 90.5 Å². The van der Waals surface area contributed by atoms with Crippen molar-refractivity contribution in [3.63, 3.8) is 0 Å². The summed E-state index contributed by atoms with van der Waals surface area (Å²) in [5.41, 5.74) is 0. The maximum absolute atomic E-state index is 13.2. The van der Waals surface area contributed by atoms with Gasteiger partial charge in [-0.2, -0.15) is 0 Å². The Hall–Kier alpha value is -2.26. The Morgan fingerprint density at radius 2 is 0.857 bits per heavy atom. The highest BCUT2D eigenvalue weighted by Gasteiger charge is 2.19. The van der Waals surface area contributed by atoms with Crippen LogP contribution in [-0.4, -0.2) is 8.80 Å². The third-order valence-corrected chi connectivity index (χ3v) is 6.06. The number of hydrogen-bond donors (Lipinski definition) is 0. The van der Waals surface area contributed by atoms with E-state index in [4.69, 9.17) is 0 Å². The van der Waals surface area contributed by atoms with Gasteiger partial charge >= 0.3 is 0 Å². The summed E-state index contributed by atoms with van der Waals surface area (Å²) in [6.07, 6.45) is 0. The second kappa shape index (κ2) is 6.02. The van der Waals surface area contributed by atoms with Gasteiger partial charge in [0.1, 0.15) is 11.6 Å². The highest BCUT2D eigenvalue weighted by molar-refractivity contribution is 6.95. The molecule has 3 heteroatoms. The maximum atomic E-state index is 13.2. The lowest BCUT2D eigenvalue weighted by molar-refractivity contribution is 0.628. The minimum absolute atomic E-state index is 0.243. The topological polar surface area (TPSA) is 0 Å². The van der Waals surface area contributed by atoms with E-state index in [0.29, 0.717) is 0 Å². The normalized spacial score (nSPS) is 10.8. The molecule has 0 atom stereocenters. The fourth-order valence-corrected chi connectivity index (χ4v) is 4.86. The summed E-state index contributed by atoms with van der Waals surface area (Å²) in [5, 5.41) is 3.36. The average molecular weight is 295 g/mol. The predicted octanol–water partition coefficient (Wildman–Crippen LogP) is 2.48. The zero-order valence-corrected chi connectivity index (χ0v) is 12.3. The lowest BCUT2D eigenvalue weighted by Crippen LogP contribution is -2.51. The van der Waals surface area contributed by atoms with Gasteiger partial charge in [-0.3, -0.25) is 0 Å². The van der Waals surface area contributed by atoms with Gasteiger partial charge in [-0.1, -0.05) is 70.2 Å². The monoisotopic (exact) mass is 295 g/mol. The van der Waals surface area contributed by atoms with E-state index >= 15 is 0 Å². The zero-order chi connectivity index (χ0) is 14.7. The molecule has 0 fully saturated rings. The Balaban J connectivity index is 2.11. The van der Waals surface area contributed by atoms with Crippen molar-refractivity contribution in [2.24, 2.45) is 0 Å². The number of benzene rings is 3. The van der Waals surface area contributed by atoms with Gasteiger partial charge in [-0.15, -0.1) is 0 Å². The Bertz CT molecular complexity index is 661. The van der Waals surface area contributed by atoms with Gasteiger partial charge in [-0.25, -0.2) is 8.78 Å². The van der Waals surface area contributed by atoms with Crippen LogP contribution < -0.4 is 15.6 Å². The first-order valence-corrected chi connectivity index (χ1v) is 8.18. The summed E-state index contributed by atoms with van der Waals surface area (Å²) in [6, 6.07) is 23.3. The molecule has 3 rings (SSSR count). The molecule has 0 unspecified atom stereocenters. The fraction of sp³-hybridized carbons (Fsp3) is 0. The molecule has 0 amide bonds. The SMILES string of the molecule is Fc1ccc([Si](c2ccccc2)c2ccc(F)cc2)cc1. The lowest BCUT2D eigenvalue weighted by atomic mass is 10.3. The second-order valence-electron chi connectivity index (χ2n) is 4.75. The molecule has 0 bridgehead atoms. The predicted molar refractivity (Wildman–Crippen MR) is 83.9 cm³/mol. The van der Waals surface area contributed by atoms with E-state index in [1.165, 1.54) is 29.5 Å². The van der Waals surface area contributed by atoms with Gasteiger partial charge in [0.05, 0.1) is 0 Å². The van der Waals surface area contributed by atoms with E-state index in [9.17, 15) is 8.78 Å². The molecule has 0 aliphatic carbocycles. The van der Waals surface area contributed by atoms with Crippen molar-refractivity contribution in [2.45, 2.75) is 0 Å². The molecular formula is C18H13F2Si. The summed E-state index contributed by atoms with van der Waals surface area (Å²) in [6.45, 7) is 0. The standard InChI is InChI=1S/C18H13F2Si/c19-14-6-10-17(11-7-14)21(16-4-2-1-3-5-16)18-12-8-15(20)9-13-18/h1-13H. The quantitative estimate of drug-likeness (QED) is 0.514. The molecule has 1 radical (unpaired) electrons. The summed E-state index contributed by atoms with van der Waals surface area (Å²) in [7, 11) is -1.24. The van der Waals surface area contributed by atoms with Crippen molar-refractivity contribution >= 4 is 24.4 Å². The van der Waals surface area contributed by atoms with E-state index in [2.05, 4.69) is 12.1 Å². The number of halogens is 2. The maximum Gasteiger partial charge on any atom is 0.154 e. The largest absolute Gasteiger partial charge is 0.207 e. The molecule has 0 heterocycles. The third-order valence-electron chi connectivity index (χ3n) is 3.33. The van der Waals surface area contributed by atoms with Crippen LogP contribution in [0.25, 0.3) is 0 Å². The molecule has 0 spiro atoms. The fourth-order valence-electron chi connectivity index (χ4n) is 2.34. The Kier molecular flexibility index (Phi) is 3.93. The lowest BCUT2D eigenvalue weighted by Gasteiger charge is -2.16. The van der Waals surface area contributed by atoms with Gasteiger partial charge in [0, 0.05) is 0 Å². The van der Waals surface area contributed by atoms with Crippen LogP contribution in [0.3, 0.4) is 0 Å². The second-order valence-corrected chi connectivity index (χ2v) is 7.24. The first-order chi connectivity index (χ1) is 10.2. The molecule has 0 aliphatic heterocycles. The molecule has 103 valence electrons. The number of hydrogen-bond acceptors (Lipinski definition) is 0. The minimum atomic E-state index is -1.24. The Labute approximate surface area is 124 Å². The van der Waals surface area contributed by atoms with Crippen LogP contribution >= 0.6 is 0 Å². The highest BCUT2D eigenvalue weighted by atomic mass is 28.3. The molecule has 3 aromatic carbocycles. The molecule has 0 nitrogen and oxygen atoms in total. The van der Waals surface area contributed by atoms with Crippen LogP contribution in [0.15, 0.2) is 78.9 Å². The molecular weight excluding hydrogens is 282 g/mol. The molecule has 0 aromatic heterocycles. The van der Waals surface area contributed by atoms with E-state index in [1.54, 1.807) is 0 Å². The summed E-state index contributed by atoms with van der Waals surface area (Å²) in [5.74, 6) is -0.487. The zero-order valence-electron chi connectivity index (χ0n) is 11.3. The molecule has 0 N–H and O–H groups in total. The van der Waals surface area contributed by atoms with Crippen LogP contribution in [-0.2, 0) is 0 Å². The first kappa shape index (κ1) is 13.7. The van der Waals surface area contributed by atoms with Crippen LogP contribution in [0, 0.1) is 11.6 Å². The van der Waals surface area contributed by atoms with E-state index in [0.717, 1.165) is 10.4 Å². The smallest absolute Gasteiger partial charge is 0.154 e. The van der Waals surface area contributed by atoms with Gasteiger partial charge < -0.3 is 0 Å². The molecule has 0 aliphatic rings. The van der Waals surface area contributed by atoms with Gasteiger partial charge in [0.15, 0.2) is 8.80 Å². The van der Waals surface area contributed by atoms with Crippen molar-refractivity contribution in [3.8, 4) is 0 Å². The van der Waals surface area contributed by atoms with Gasteiger partial charge in [0.25, 0.3) is 0 Å². The minimum Gasteiger partial charge on any atom is -0.207 e. The molecule has 0 saturated carbocycles. The number of rotatable bonds is 3. The van der Waals surface area contributed by atoms with Crippen molar-refractivity contribution in [2.75, 3.05) is 0 Å². The van der Waals surface area contributed by atoms with E-state index in [1.807, 2.05) is 42.5 Å². The van der Waals surface area contributed by atoms with Crippen molar-refractivity contribution < 1.29 is 8.78 Å². The Morgan fingerprint density at radius 3 is 1.29 bits per heavy atom. The molecule has 3 aromatic rings. The third kappa shape index (κ3) is 3.08. The van der Waals surface area contributed by atoms with Crippen LogP contribution in [0.5, 0.6) is 0 Å².